The molecule has 1 aliphatic heterocycles. The number of aliphatic hydroxyl groups is 1. The molecule has 3 rings (SSSR count). The third-order valence-corrected chi connectivity index (χ3v) is 11.9. The van der Waals surface area contributed by atoms with Crippen molar-refractivity contribution >= 4 is 8.32 Å². The highest BCUT2D eigenvalue weighted by Crippen LogP contribution is 2.49. The summed E-state index contributed by atoms with van der Waals surface area (Å²) in [5.74, 6) is 1.33. The molecule has 0 bridgehead atoms. The Morgan fingerprint density at radius 2 is 2.04 bits per heavy atom. The molecule has 1 heterocycles. The van der Waals surface area contributed by atoms with Crippen molar-refractivity contribution in [2.75, 3.05) is 19.8 Å². The monoisotopic (exact) mass is 396 g/mol. The van der Waals surface area contributed by atoms with Crippen molar-refractivity contribution in [3.05, 3.63) is 11.6 Å². The van der Waals surface area contributed by atoms with E-state index in [2.05, 4.69) is 39.9 Å². The van der Waals surface area contributed by atoms with Crippen LogP contribution in [0.5, 0.6) is 0 Å². The maximum Gasteiger partial charge on any atom is 0.191 e. The van der Waals surface area contributed by atoms with Crippen molar-refractivity contribution in [2.24, 2.45) is 17.8 Å². The SMILES string of the molecule is CC(C)(C)[Si](C)(C)OCCC1=C[C@@H]2C[C@H](OC3CCCCO3)[C@@H](CO)[C@@H]2C1. The minimum Gasteiger partial charge on any atom is -0.417 e. The highest BCUT2D eigenvalue weighted by atomic mass is 28.4. The summed E-state index contributed by atoms with van der Waals surface area (Å²) in [4.78, 5) is 0. The van der Waals surface area contributed by atoms with Crippen molar-refractivity contribution in [3.8, 4) is 0 Å². The van der Waals surface area contributed by atoms with E-state index in [9.17, 15) is 5.11 Å². The molecule has 1 unspecified atom stereocenters. The topological polar surface area (TPSA) is 47.9 Å². The van der Waals surface area contributed by atoms with Crippen LogP contribution >= 0.6 is 0 Å². The van der Waals surface area contributed by atoms with Gasteiger partial charge in [-0.25, -0.2) is 0 Å². The first-order valence-corrected chi connectivity index (χ1v) is 13.8. The number of hydrogen-bond donors (Lipinski definition) is 1. The second-order valence-electron chi connectivity index (χ2n) is 10.3. The molecule has 0 aromatic carbocycles. The van der Waals surface area contributed by atoms with Crippen LogP contribution in [0.1, 0.15) is 59.3 Å². The summed E-state index contributed by atoms with van der Waals surface area (Å²) in [6, 6.07) is 0. The summed E-state index contributed by atoms with van der Waals surface area (Å²) in [5.41, 5.74) is 1.52. The summed E-state index contributed by atoms with van der Waals surface area (Å²) in [6.07, 6.45) is 9.05. The van der Waals surface area contributed by atoms with Crippen LogP contribution in [-0.4, -0.2) is 45.6 Å². The summed E-state index contributed by atoms with van der Waals surface area (Å²) < 4.78 is 18.4. The van der Waals surface area contributed by atoms with Gasteiger partial charge in [0, 0.05) is 25.7 Å². The molecule has 1 saturated heterocycles. The Hall–Kier alpha value is -0.203. The Balaban J connectivity index is 1.50. The number of aliphatic hydroxyl groups excluding tert-OH is 1. The molecule has 1 saturated carbocycles. The molecular weight excluding hydrogens is 356 g/mol. The minimum atomic E-state index is -1.66. The zero-order valence-electron chi connectivity index (χ0n) is 18.0. The van der Waals surface area contributed by atoms with Gasteiger partial charge in [0.25, 0.3) is 0 Å². The lowest BCUT2D eigenvalue weighted by atomic mass is 9.90. The van der Waals surface area contributed by atoms with E-state index in [1.54, 1.807) is 0 Å². The lowest BCUT2D eigenvalue weighted by molar-refractivity contribution is -0.198. The zero-order chi connectivity index (χ0) is 19.7. The van der Waals surface area contributed by atoms with Crippen LogP contribution < -0.4 is 0 Å². The molecule has 1 N–H and O–H groups in total. The van der Waals surface area contributed by atoms with Crippen LogP contribution in [-0.2, 0) is 13.9 Å². The van der Waals surface area contributed by atoms with Crippen LogP contribution in [0.2, 0.25) is 18.1 Å². The number of ether oxygens (including phenoxy) is 2. The van der Waals surface area contributed by atoms with Crippen molar-refractivity contribution in [3.63, 3.8) is 0 Å². The molecule has 0 aromatic rings. The summed E-state index contributed by atoms with van der Waals surface area (Å²) in [7, 11) is -1.66. The zero-order valence-corrected chi connectivity index (χ0v) is 19.0. The quantitative estimate of drug-likeness (QED) is 0.492. The highest BCUT2D eigenvalue weighted by molar-refractivity contribution is 6.74. The lowest BCUT2D eigenvalue weighted by Crippen LogP contribution is -2.41. The summed E-state index contributed by atoms with van der Waals surface area (Å²) in [6.45, 7) is 13.4. The third-order valence-electron chi connectivity index (χ3n) is 7.40. The second-order valence-corrected chi connectivity index (χ2v) is 15.1. The van der Waals surface area contributed by atoms with Gasteiger partial charge in [0.05, 0.1) is 6.10 Å². The Bertz CT molecular complexity index is 519. The molecule has 5 heteroatoms. The van der Waals surface area contributed by atoms with Gasteiger partial charge in [0.1, 0.15) is 0 Å². The van der Waals surface area contributed by atoms with Crippen molar-refractivity contribution < 1.29 is 19.0 Å². The van der Waals surface area contributed by atoms with Crippen molar-refractivity contribution in [2.45, 2.75) is 89.8 Å². The Labute approximate surface area is 166 Å². The van der Waals surface area contributed by atoms with Gasteiger partial charge in [-0.3, -0.25) is 0 Å². The maximum absolute atomic E-state index is 10.0. The smallest absolute Gasteiger partial charge is 0.191 e. The van der Waals surface area contributed by atoms with Gasteiger partial charge in [-0.1, -0.05) is 32.4 Å². The van der Waals surface area contributed by atoms with E-state index in [0.29, 0.717) is 11.8 Å². The first-order chi connectivity index (χ1) is 12.7. The van der Waals surface area contributed by atoms with Crippen LogP contribution in [0.25, 0.3) is 0 Å². The Kier molecular flexibility index (Phi) is 6.90. The molecular formula is C22H40O4Si. The van der Waals surface area contributed by atoms with Crippen molar-refractivity contribution in [1.29, 1.82) is 0 Å². The van der Waals surface area contributed by atoms with Gasteiger partial charge in [-0.2, -0.15) is 0 Å². The van der Waals surface area contributed by atoms with Crippen LogP contribution in [0.4, 0.5) is 0 Å². The number of hydrogen-bond acceptors (Lipinski definition) is 4. The largest absolute Gasteiger partial charge is 0.417 e. The molecule has 4 nitrogen and oxygen atoms in total. The normalized spacial score (nSPS) is 34.6. The fraction of sp³-hybridized carbons (Fsp3) is 0.909. The molecule has 27 heavy (non-hydrogen) atoms. The molecule has 2 aliphatic carbocycles. The van der Waals surface area contributed by atoms with Crippen LogP contribution in [0.15, 0.2) is 11.6 Å². The van der Waals surface area contributed by atoms with Gasteiger partial charge < -0.3 is 19.0 Å². The molecule has 0 radical (unpaired) electrons. The first kappa shape index (κ1) is 21.5. The van der Waals surface area contributed by atoms with E-state index in [1.165, 1.54) is 12.0 Å². The van der Waals surface area contributed by atoms with E-state index in [1.807, 2.05) is 0 Å². The number of fused-ring (bicyclic) bond motifs is 1. The maximum atomic E-state index is 10.0. The first-order valence-electron chi connectivity index (χ1n) is 10.9. The Morgan fingerprint density at radius 1 is 1.26 bits per heavy atom. The molecule has 0 aromatic heterocycles. The average Bonchev–Trinajstić information content (AvgIpc) is 3.11. The van der Waals surface area contributed by atoms with Gasteiger partial charge in [0.15, 0.2) is 14.6 Å². The minimum absolute atomic E-state index is 0.0573. The van der Waals surface area contributed by atoms with E-state index in [0.717, 1.165) is 45.3 Å². The van der Waals surface area contributed by atoms with E-state index < -0.39 is 8.32 Å². The number of rotatable bonds is 7. The molecule has 3 aliphatic rings. The third kappa shape index (κ3) is 5.05. The van der Waals surface area contributed by atoms with Crippen LogP contribution in [0.3, 0.4) is 0 Å². The molecule has 0 spiro atoms. The Morgan fingerprint density at radius 3 is 2.67 bits per heavy atom. The van der Waals surface area contributed by atoms with Gasteiger partial charge in [0.2, 0.25) is 0 Å². The summed E-state index contributed by atoms with van der Waals surface area (Å²) in [5, 5.41) is 10.3. The fourth-order valence-electron chi connectivity index (χ4n) is 4.64. The number of allylic oxidation sites excluding steroid dienone is 1. The van der Waals surface area contributed by atoms with Gasteiger partial charge >= 0.3 is 0 Å². The van der Waals surface area contributed by atoms with Gasteiger partial charge in [-0.15, -0.1) is 0 Å². The highest BCUT2D eigenvalue weighted by Gasteiger charge is 2.46. The fourth-order valence-corrected chi connectivity index (χ4v) is 5.69. The molecule has 156 valence electrons. The summed E-state index contributed by atoms with van der Waals surface area (Å²) >= 11 is 0. The van der Waals surface area contributed by atoms with Crippen LogP contribution in [0, 0.1) is 17.8 Å². The predicted octanol–water partition coefficient (Wildman–Crippen LogP) is 4.88. The standard InChI is InChI=1S/C22H40O4Si/c1-22(2,3)27(4,5)25-11-9-16-12-17-14-20(19(15-23)18(17)13-16)26-21-8-6-7-10-24-21/h12,17-21,23H,6-11,13-15H2,1-5H3/t17-,18-,19+,20+,21?/m1/s1. The van der Waals surface area contributed by atoms with E-state index >= 15 is 0 Å². The van der Waals surface area contributed by atoms with Gasteiger partial charge in [-0.05, 0) is 68.5 Å². The van der Waals surface area contributed by atoms with E-state index in [-0.39, 0.29) is 30.0 Å². The second kappa shape index (κ2) is 8.66. The lowest BCUT2D eigenvalue weighted by Gasteiger charge is -2.36. The molecule has 2 fully saturated rings. The molecule has 5 atom stereocenters. The molecule has 0 amide bonds. The average molecular weight is 397 g/mol. The predicted molar refractivity (Wildman–Crippen MR) is 111 cm³/mol. The van der Waals surface area contributed by atoms with Crippen molar-refractivity contribution in [1.82, 2.24) is 0 Å². The van der Waals surface area contributed by atoms with E-state index in [4.69, 9.17) is 13.9 Å².